The molecule has 0 aliphatic carbocycles. The second-order valence-corrected chi connectivity index (χ2v) is 8.21. The lowest BCUT2D eigenvalue weighted by Gasteiger charge is -2.29. The molecule has 0 aromatic rings. The molecule has 1 saturated heterocycles. The lowest BCUT2D eigenvalue weighted by Crippen LogP contribution is -2.37. The topological polar surface area (TPSA) is 62.8 Å². The summed E-state index contributed by atoms with van der Waals surface area (Å²) in [5.41, 5.74) is -0.446. The average Bonchev–Trinajstić information content (AvgIpc) is 2.51. The maximum absolute atomic E-state index is 11.6. The highest BCUT2D eigenvalue weighted by molar-refractivity contribution is 5.67. The zero-order chi connectivity index (χ0) is 18.7. The summed E-state index contributed by atoms with van der Waals surface area (Å²) >= 11 is 0. The number of hydrogen-bond acceptors (Lipinski definition) is 5. The lowest BCUT2D eigenvalue weighted by atomic mass is 9.94. The molecule has 25 heavy (non-hydrogen) atoms. The summed E-state index contributed by atoms with van der Waals surface area (Å²) < 4.78 is 10.6. The van der Waals surface area contributed by atoms with Gasteiger partial charge < -0.3 is 25.0 Å². The van der Waals surface area contributed by atoms with Crippen LogP contribution in [0.4, 0.5) is 4.79 Å². The van der Waals surface area contributed by atoms with E-state index in [4.69, 9.17) is 9.47 Å². The summed E-state index contributed by atoms with van der Waals surface area (Å²) in [6.07, 6.45) is 5.42. The first-order valence-corrected chi connectivity index (χ1v) is 9.68. The minimum atomic E-state index is -0.446. The molecule has 1 fully saturated rings. The van der Waals surface area contributed by atoms with Crippen LogP contribution in [0.1, 0.15) is 52.9 Å². The normalized spacial score (nSPS) is 18.1. The number of carbonyl (C=O) groups excluding carboxylic acids is 1. The third-order valence-electron chi connectivity index (χ3n) is 4.59. The maximum Gasteiger partial charge on any atom is 0.407 e. The number of ether oxygens (including phenoxy) is 2. The van der Waals surface area contributed by atoms with Gasteiger partial charge in [-0.25, -0.2) is 4.79 Å². The molecule has 1 aliphatic heterocycles. The molecule has 0 radical (unpaired) electrons. The van der Waals surface area contributed by atoms with E-state index in [-0.39, 0.29) is 6.09 Å². The molecule has 0 spiro atoms. The largest absolute Gasteiger partial charge is 0.444 e. The average molecular weight is 358 g/mol. The van der Waals surface area contributed by atoms with Crippen molar-refractivity contribution in [2.45, 2.75) is 64.5 Å². The van der Waals surface area contributed by atoms with Crippen LogP contribution in [0.15, 0.2) is 0 Å². The van der Waals surface area contributed by atoms with Crippen molar-refractivity contribution in [3.05, 3.63) is 0 Å². The van der Waals surface area contributed by atoms with Crippen LogP contribution in [0.2, 0.25) is 0 Å². The predicted octanol–water partition coefficient (Wildman–Crippen LogP) is 2.63. The highest BCUT2D eigenvalue weighted by Gasteiger charge is 2.17. The summed E-state index contributed by atoms with van der Waals surface area (Å²) in [4.78, 5) is 14.0. The predicted molar refractivity (Wildman–Crippen MR) is 102 cm³/mol. The summed E-state index contributed by atoms with van der Waals surface area (Å²) in [5, 5.41) is 6.44. The minimum absolute atomic E-state index is 0.342. The fourth-order valence-electron chi connectivity index (χ4n) is 3.14. The van der Waals surface area contributed by atoms with Gasteiger partial charge in [-0.15, -0.1) is 0 Å². The molecule has 6 nitrogen and oxygen atoms in total. The van der Waals surface area contributed by atoms with Crippen LogP contribution in [0.25, 0.3) is 0 Å². The van der Waals surface area contributed by atoms with Crippen molar-refractivity contribution in [1.29, 1.82) is 0 Å². The van der Waals surface area contributed by atoms with Crippen molar-refractivity contribution in [2.75, 3.05) is 46.9 Å². The number of carbonyl (C=O) groups is 1. The number of piperidine rings is 1. The van der Waals surface area contributed by atoms with E-state index in [2.05, 4.69) is 22.6 Å². The Morgan fingerprint density at radius 1 is 1.24 bits per heavy atom. The van der Waals surface area contributed by atoms with Gasteiger partial charge in [-0.05, 0) is 85.5 Å². The molecule has 1 amide bonds. The van der Waals surface area contributed by atoms with Crippen molar-refractivity contribution in [3.8, 4) is 0 Å². The van der Waals surface area contributed by atoms with Crippen LogP contribution < -0.4 is 10.6 Å². The van der Waals surface area contributed by atoms with Crippen LogP contribution in [-0.2, 0) is 9.47 Å². The van der Waals surface area contributed by atoms with Crippen molar-refractivity contribution in [2.24, 2.45) is 5.92 Å². The molecule has 1 atom stereocenters. The minimum Gasteiger partial charge on any atom is -0.444 e. The summed E-state index contributed by atoms with van der Waals surface area (Å²) in [6, 6.07) is 0.344. The van der Waals surface area contributed by atoms with Crippen LogP contribution in [0.5, 0.6) is 0 Å². The molecule has 1 unspecified atom stereocenters. The molecule has 1 heterocycles. The van der Waals surface area contributed by atoms with Crippen molar-refractivity contribution in [1.82, 2.24) is 15.5 Å². The number of hydrogen-bond donors (Lipinski definition) is 2. The number of rotatable bonds is 10. The summed E-state index contributed by atoms with van der Waals surface area (Å²) in [7, 11) is 3.94. The van der Waals surface area contributed by atoms with Crippen LogP contribution >= 0.6 is 0 Å². The second kappa shape index (κ2) is 11.7. The molecule has 0 aromatic carbocycles. The van der Waals surface area contributed by atoms with Gasteiger partial charge >= 0.3 is 6.09 Å². The summed E-state index contributed by atoms with van der Waals surface area (Å²) in [6.45, 7) is 10.4. The van der Waals surface area contributed by atoms with Gasteiger partial charge in [0, 0.05) is 19.7 Å². The Hall–Kier alpha value is -0.850. The quantitative estimate of drug-likeness (QED) is 0.589. The molecule has 0 aromatic heterocycles. The molecular weight excluding hydrogens is 318 g/mol. The van der Waals surface area contributed by atoms with Crippen molar-refractivity contribution >= 4 is 6.09 Å². The molecule has 2 N–H and O–H groups in total. The smallest absolute Gasteiger partial charge is 0.407 e. The number of alkyl carbamates (subject to hydrolysis) is 1. The van der Waals surface area contributed by atoms with E-state index in [1.54, 1.807) is 7.11 Å². The number of likely N-dealkylation sites (tertiary alicyclic amines) is 1. The van der Waals surface area contributed by atoms with Crippen LogP contribution in [0.3, 0.4) is 0 Å². The van der Waals surface area contributed by atoms with E-state index in [9.17, 15) is 4.79 Å². The van der Waals surface area contributed by atoms with E-state index in [0.29, 0.717) is 19.2 Å². The maximum atomic E-state index is 11.6. The van der Waals surface area contributed by atoms with E-state index < -0.39 is 5.60 Å². The van der Waals surface area contributed by atoms with E-state index in [1.165, 1.54) is 32.4 Å². The number of nitrogens with one attached hydrogen (secondary N) is 2. The van der Waals surface area contributed by atoms with Gasteiger partial charge in [0.2, 0.25) is 0 Å². The van der Waals surface area contributed by atoms with Gasteiger partial charge in [0.25, 0.3) is 0 Å². The zero-order valence-corrected chi connectivity index (χ0v) is 16.9. The van der Waals surface area contributed by atoms with E-state index in [0.717, 1.165) is 25.3 Å². The monoisotopic (exact) mass is 357 g/mol. The molecule has 148 valence electrons. The van der Waals surface area contributed by atoms with Gasteiger partial charge in [0.1, 0.15) is 5.60 Å². The molecule has 1 aliphatic rings. The Balaban J connectivity index is 2.13. The SMILES string of the molecule is COCC(CCCNC(=O)OC(C)(C)C)NCCC1CCN(C)CC1. The second-order valence-electron chi connectivity index (χ2n) is 8.21. The molecule has 1 rings (SSSR count). The van der Waals surface area contributed by atoms with Gasteiger partial charge in [-0.3, -0.25) is 0 Å². The van der Waals surface area contributed by atoms with Crippen molar-refractivity contribution < 1.29 is 14.3 Å². The fourth-order valence-corrected chi connectivity index (χ4v) is 3.14. The Morgan fingerprint density at radius 2 is 1.92 bits per heavy atom. The Morgan fingerprint density at radius 3 is 2.52 bits per heavy atom. The first-order valence-electron chi connectivity index (χ1n) is 9.68. The fraction of sp³-hybridized carbons (Fsp3) is 0.947. The Bertz CT molecular complexity index is 363. The first-order chi connectivity index (χ1) is 11.8. The Labute approximate surface area is 154 Å². The molecule has 0 saturated carbocycles. The van der Waals surface area contributed by atoms with Crippen LogP contribution in [0, 0.1) is 5.92 Å². The van der Waals surface area contributed by atoms with E-state index in [1.807, 2.05) is 20.8 Å². The third kappa shape index (κ3) is 11.4. The van der Waals surface area contributed by atoms with Gasteiger partial charge in [-0.2, -0.15) is 0 Å². The molecule has 6 heteroatoms. The Kier molecular flexibility index (Phi) is 10.4. The highest BCUT2D eigenvalue weighted by Crippen LogP contribution is 2.18. The van der Waals surface area contributed by atoms with Gasteiger partial charge in [0.15, 0.2) is 0 Å². The number of amides is 1. The molecular formula is C19H39N3O3. The number of nitrogens with zero attached hydrogens (tertiary/aromatic N) is 1. The lowest BCUT2D eigenvalue weighted by molar-refractivity contribution is 0.0526. The van der Waals surface area contributed by atoms with Gasteiger partial charge in [0.05, 0.1) is 6.61 Å². The van der Waals surface area contributed by atoms with E-state index >= 15 is 0 Å². The third-order valence-corrected chi connectivity index (χ3v) is 4.59. The molecule has 0 bridgehead atoms. The first kappa shape index (κ1) is 22.2. The van der Waals surface area contributed by atoms with Crippen molar-refractivity contribution in [3.63, 3.8) is 0 Å². The van der Waals surface area contributed by atoms with Crippen LogP contribution in [-0.4, -0.2) is 69.6 Å². The standard InChI is InChI=1S/C19H39N3O3/c1-19(2,3)25-18(23)21-11-6-7-17(15-24-5)20-12-8-16-9-13-22(4)14-10-16/h16-17,20H,6-15H2,1-5H3,(H,21,23). The van der Waals surface area contributed by atoms with Gasteiger partial charge in [-0.1, -0.05) is 0 Å². The zero-order valence-electron chi connectivity index (χ0n) is 16.9. The number of methoxy groups -OCH3 is 1. The summed E-state index contributed by atoms with van der Waals surface area (Å²) in [5.74, 6) is 0.848. The highest BCUT2D eigenvalue weighted by atomic mass is 16.6.